The molecule has 5 heteroatoms. The van der Waals surface area contributed by atoms with Gasteiger partial charge in [-0.15, -0.1) is 0 Å². The Labute approximate surface area is 118 Å². The van der Waals surface area contributed by atoms with Crippen LogP contribution in [-0.2, 0) is 6.54 Å². The summed E-state index contributed by atoms with van der Waals surface area (Å²) in [6.45, 7) is 6.00. The third kappa shape index (κ3) is 4.26. The Bertz CT molecular complexity index is 481. The number of hydrogen-bond donors (Lipinski definition) is 2. The molecule has 3 nitrogen and oxygen atoms in total. The summed E-state index contributed by atoms with van der Waals surface area (Å²) in [5, 5.41) is 20.8. The number of nitrogens with one attached hydrogen (secondary N) is 1. The van der Waals surface area contributed by atoms with Crippen molar-refractivity contribution < 1.29 is 13.9 Å². The molecule has 1 aromatic carbocycles. The van der Waals surface area contributed by atoms with E-state index in [4.69, 9.17) is 10.4 Å². The van der Waals surface area contributed by atoms with Crippen molar-refractivity contribution in [1.29, 1.82) is 5.26 Å². The van der Waals surface area contributed by atoms with Crippen LogP contribution in [0.2, 0.25) is 0 Å². The summed E-state index contributed by atoms with van der Waals surface area (Å²) in [4.78, 5) is 0. The molecule has 0 bridgehead atoms. The predicted octanol–water partition coefficient (Wildman–Crippen LogP) is 2.72. The first-order valence-electron chi connectivity index (χ1n) is 6.52. The smallest absolute Gasteiger partial charge is 0.131 e. The molecule has 1 atom stereocenters. The van der Waals surface area contributed by atoms with E-state index in [0.29, 0.717) is 6.42 Å². The second-order valence-electron chi connectivity index (χ2n) is 5.84. The molecule has 20 heavy (non-hydrogen) atoms. The third-order valence-electron chi connectivity index (χ3n) is 3.26. The largest absolute Gasteiger partial charge is 0.396 e. The van der Waals surface area contributed by atoms with Crippen molar-refractivity contribution in [1.82, 2.24) is 5.32 Å². The van der Waals surface area contributed by atoms with Crippen molar-refractivity contribution in [2.24, 2.45) is 5.41 Å². The fourth-order valence-electron chi connectivity index (χ4n) is 2.03. The zero-order valence-electron chi connectivity index (χ0n) is 12.0. The topological polar surface area (TPSA) is 56.0 Å². The summed E-state index contributed by atoms with van der Waals surface area (Å²) in [7, 11) is 0. The Balaban J connectivity index is 2.86. The Kier molecular flexibility index (Phi) is 5.61. The molecule has 1 rings (SSSR count). The van der Waals surface area contributed by atoms with Gasteiger partial charge in [-0.25, -0.2) is 8.78 Å². The van der Waals surface area contributed by atoms with Crippen LogP contribution in [0.4, 0.5) is 8.78 Å². The molecule has 0 aliphatic rings. The average Bonchev–Trinajstić information content (AvgIpc) is 2.34. The van der Waals surface area contributed by atoms with Gasteiger partial charge >= 0.3 is 0 Å². The highest BCUT2D eigenvalue weighted by molar-refractivity contribution is 5.34. The van der Waals surface area contributed by atoms with Gasteiger partial charge in [0.25, 0.3) is 0 Å². The van der Waals surface area contributed by atoms with E-state index in [1.54, 1.807) is 6.07 Å². The van der Waals surface area contributed by atoms with Crippen LogP contribution in [0.15, 0.2) is 12.1 Å². The number of nitrogens with zero attached hydrogens (tertiary/aromatic N) is 1. The molecule has 0 saturated carbocycles. The van der Waals surface area contributed by atoms with Gasteiger partial charge in [-0.3, -0.25) is 0 Å². The lowest BCUT2D eigenvalue weighted by Gasteiger charge is -2.31. The molecule has 0 radical (unpaired) electrons. The van der Waals surface area contributed by atoms with Gasteiger partial charge in [0.2, 0.25) is 0 Å². The molecule has 2 N–H and O–H groups in total. The zero-order valence-corrected chi connectivity index (χ0v) is 12.0. The highest BCUT2D eigenvalue weighted by Crippen LogP contribution is 2.23. The van der Waals surface area contributed by atoms with Gasteiger partial charge in [-0.2, -0.15) is 5.26 Å². The van der Waals surface area contributed by atoms with Gasteiger partial charge in [0.1, 0.15) is 11.6 Å². The predicted molar refractivity (Wildman–Crippen MR) is 72.9 cm³/mol. The van der Waals surface area contributed by atoms with Crippen molar-refractivity contribution in [3.8, 4) is 6.07 Å². The number of rotatable bonds is 5. The number of nitriles is 1. The maximum Gasteiger partial charge on any atom is 0.131 e. The maximum absolute atomic E-state index is 13.8. The van der Waals surface area contributed by atoms with E-state index in [2.05, 4.69) is 5.32 Å². The first-order chi connectivity index (χ1) is 9.29. The van der Waals surface area contributed by atoms with Crippen LogP contribution < -0.4 is 5.32 Å². The lowest BCUT2D eigenvalue weighted by Crippen LogP contribution is -2.40. The van der Waals surface area contributed by atoms with E-state index in [0.717, 1.165) is 12.1 Å². The Morgan fingerprint density at radius 3 is 2.25 bits per heavy atom. The average molecular weight is 282 g/mol. The van der Waals surface area contributed by atoms with E-state index in [-0.39, 0.29) is 35.7 Å². The number of halogens is 2. The standard InChI is InChI=1S/C15H20F2N2O/c1-15(2,3)14(4-5-20)19-9-11-12(16)6-10(8-18)7-13(11)17/h6-7,14,19-20H,4-5,9H2,1-3H3. The fourth-order valence-corrected chi connectivity index (χ4v) is 2.03. The second-order valence-corrected chi connectivity index (χ2v) is 5.84. The fraction of sp³-hybridized carbons (Fsp3) is 0.533. The molecular weight excluding hydrogens is 262 g/mol. The molecule has 0 heterocycles. The third-order valence-corrected chi connectivity index (χ3v) is 3.26. The van der Waals surface area contributed by atoms with Crippen LogP contribution in [0.3, 0.4) is 0 Å². The highest BCUT2D eigenvalue weighted by Gasteiger charge is 2.24. The molecule has 0 fully saturated rings. The summed E-state index contributed by atoms with van der Waals surface area (Å²) in [5.41, 5.74) is -0.259. The van der Waals surface area contributed by atoms with Gasteiger partial charge in [0.05, 0.1) is 11.6 Å². The molecule has 0 amide bonds. The Morgan fingerprint density at radius 1 is 1.30 bits per heavy atom. The van der Waals surface area contributed by atoms with Crippen molar-refractivity contribution in [2.75, 3.05) is 6.61 Å². The molecule has 0 aliphatic heterocycles. The zero-order chi connectivity index (χ0) is 15.3. The quantitative estimate of drug-likeness (QED) is 0.873. The van der Waals surface area contributed by atoms with Gasteiger partial charge in [-0.1, -0.05) is 20.8 Å². The minimum Gasteiger partial charge on any atom is -0.396 e. The lowest BCUT2D eigenvalue weighted by atomic mass is 9.85. The SMILES string of the molecule is CC(C)(C)C(CCO)NCc1c(F)cc(C#N)cc1F. The van der Waals surface area contributed by atoms with Gasteiger partial charge in [0.15, 0.2) is 0 Å². The van der Waals surface area contributed by atoms with E-state index in [1.165, 1.54) is 0 Å². The van der Waals surface area contributed by atoms with Crippen molar-refractivity contribution in [2.45, 2.75) is 39.8 Å². The molecule has 1 unspecified atom stereocenters. The highest BCUT2D eigenvalue weighted by atomic mass is 19.1. The van der Waals surface area contributed by atoms with Crippen molar-refractivity contribution >= 4 is 0 Å². The summed E-state index contributed by atoms with van der Waals surface area (Å²) in [6, 6.07) is 3.70. The Hall–Kier alpha value is -1.51. The van der Waals surface area contributed by atoms with Crippen LogP contribution in [-0.4, -0.2) is 17.8 Å². The first-order valence-corrected chi connectivity index (χ1v) is 6.52. The molecule has 110 valence electrons. The molecule has 0 aliphatic carbocycles. The minimum atomic E-state index is -0.731. The van der Waals surface area contributed by atoms with E-state index < -0.39 is 11.6 Å². The van der Waals surface area contributed by atoms with Crippen LogP contribution >= 0.6 is 0 Å². The molecule has 0 spiro atoms. The molecule has 0 aromatic heterocycles. The summed E-state index contributed by atoms with van der Waals surface area (Å²) in [5.74, 6) is -1.46. The molecule has 1 aromatic rings. The van der Waals surface area contributed by atoms with Crippen molar-refractivity contribution in [3.63, 3.8) is 0 Å². The molecular formula is C15H20F2N2O. The monoisotopic (exact) mass is 282 g/mol. The normalized spacial score (nSPS) is 13.1. The van der Waals surface area contributed by atoms with E-state index in [1.807, 2.05) is 20.8 Å². The maximum atomic E-state index is 13.8. The number of aliphatic hydroxyl groups excluding tert-OH is 1. The Morgan fingerprint density at radius 2 is 1.85 bits per heavy atom. The van der Waals surface area contributed by atoms with Crippen LogP contribution in [0.1, 0.15) is 38.3 Å². The lowest BCUT2D eigenvalue weighted by molar-refractivity contribution is 0.195. The summed E-state index contributed by atoms with van der Waals surface area (Å²) < 4.78 is 27.5. The summed E-state index contributed by atoms with van der Waals surface area (Å²) >= 11 is 0. The number of aliphatic hydroxyl groups is 1. The molecule has 0 saturated heterocycles. The number of benzene rings is 1. The van der Waals surface area contributed by atoms with Gasteiger partial charge < -0.3 is 10.4 Å². The van der Waals surface area contributed by atoms with Crippen LogP contribution in [0, 0.1) is 28.4 Å². The van der Waals surface area contributed by atoms with E-state index in [9.17, 15) is 8.78 Å². The van der Waals surface area contributed by atoms with Gasteiger partial charge in [0, 0.05) is 24.8 Å². The number of hydrogen-bond acceptors (Lipinski definition) is 3. The van der Waals surface area contributed by atoms with E-state index >= 15 is 0 Å². The second kappa shape index (κ2) is 6.78. The van der Waals surface area contributed by atoms with Gasteiger partial charge in [-0.05, 0) is 24.0 Å². The van der Waals surface area contributed by atoms with Crippen LogP contribution in [0.5, 0.6) is 0 Å². The minimum absolute atomic E-state index is 0.00721. The van der Waals surface area contributed by atoms with Crippen molar-refractivity contribution in [3.05, 3.63) is 34.9 Å². The van der Waals surface area contributed by atoms with Crippen LogP contribution in [0.25, 0.3) is 0 Å². The summed E-state index contributed by atoms with van der Waals surface area (Å²) in [6.07, 6.45) is 0.503. The first kappa shape index (κ1) is 16.5.